The number of furan rings is 1. The summed E-state index contributed by atoms with van der Waals surface area (Å²) in [6.07, 6.45) is 3.67. The van der Waals surface area contributed by atoms with Gasteiger partial charge in [0, 0.05) is 40.2 Å². The number of fused-ring (bicyclic) bond motifs is 6. The van der Waals surface area contributed by atoms with Gasteiger partial charge in [-0.05, 0) is 104 Å². The molecule has 9 rings (SSSR count). The summed E-state index contributed by atoms with van der Waals surface area (Å²) < 4.78 is 6.14. The Morgan fingerprint density at radius 3 is 1.74 bits per heavy atom. The Labute approximate surface area is 266 Å². The van der Waals surface area contributed by atoms with Crippen LogP contribution in [0.15, 0.2) is 175 Å². The number of para-hydroxylation sites is 1. The summed E-state index contributed by atoms with van der Waals surface area (Å²) in [5.41, 5.74) is 9.80. The van der Waals surface area contributed by atoms with Crippen molar-refractivity contribution in [2.75, 3.05) is 4.90 Å². The zero-order valence-electron chi connectivity index (χ0n) is 25.0. The minimum atomic E-state index is 0.860. The summed E-state index contributed by atoms with van der Waals surface area (Å²) in [5, 5.41) is 7.01. The minimum absolute atomic E-state index is 0.860. The molecule has 0 bridgehead atoms. The van der Waals surface area contributed by atoms with Gasteiger partial charge >= 0.3 is 0 Å². The molecular weight excluding hydrogens is 560 g/mol. The zero-order chi connectivity index (χ0) is 30.5. The molecule has 0 aliphatic heterocycles. The van der Waals surface area contributed by atoms with E-state index in [0.29, 0.717) is 0 Å². The van der Waals surface area contributed by atoms with Gasteiger partial charge in [-0.25, -0.2) is 0 Å². The predicted molar refractivity (Wildman–Crippen MR) is 192 cm³/mol. The molecule has 0 atom stereocenters. The lowest BCUT2D eigenvalue weighted by molar-refractivity contribution is 0.668. The highest BCUT2D eigenvalue weighted by atomic mass is 16.3. The molecule has 7 aromatic carbocycles. The standard InChI is InChI=1S/C43H28N2O/c1-2-8-36(9-3-1)45(37-19-14-30(15-20-37)34-12-10-29-6-4-5-7-33(29)26-34)38-21-16-31(17-22-38)35-13-11-32-18-23-42-43(39(32)27-35)40-28-44-25-24-41(40)46-42/h1-28H. The van der Waals surface area contributed by atoms with E-state index in [9.17, 15) is 0 Å². The molecule has 0 saturated carbocycles. The van der Waals surface area contributed by atoms with Crippen LogP contribution in [0.4, 0.5) is 17.1 Å². The molecular formula is C43H28N2O. The summed E-state index contributed by atoms with van der Waals surface area (Å²) in [4.78, 5) is 6.67. The van der Waals surface area contributed by atoms with E-state index in [0.717, 1.165) is 50.1 Å². The van der Waals surface area contributed by atoms with Gasteiger partial charge in [-0.1, -0.05) is 97.1 Å². The largest absolute Gasteiger partial charge is 0.456 e. The maximum atomic E-state index is 6.14. The van der Waals surface area contributed by atoms with Crippen LogP contribution >= 0.6 is 0 Å². The first-order valence-electron chi connectivity index (χ1n) is 15.5. The van der Waals surface area contributed by atoms with E-state index < -0.39 is 0 Å². The molecule has 0 fully saturated rings. The molecule has 0 aliphatic rings. The smallest absolute Gasteiger partial charge is 0.138 e. The van der Waals surface area contributed by atoms with Gasteiger partial charge in [0.15, 0.2) is 0 Å². The van der Waals surface area contributed by atoms with Gasteiger partial charge in [-0.3, -0.25) is 4.98 Å². The Bertz CT molecular complexity index is 2510. The third-order valence-electron chi connectivity index (χ3n) is 8.94. The lowest BCUT2D eigenvalue weighted by Crippen LogP contribution is -2.09. The molecule has 0 unspecified atom stereocenters. The van der Waals surface area contributed by atoms with Crippen molar-refractivity contribution in [3.05, 3.63) is 170 Å². The summed E-state index contributed by atoms with van der Waals surface area (Å²) >= 11 is 0. The highest BCUT2D eigenvalue weighted by molar-refractivity contribution is 6.19. The van der Waals surface area contributed by atoms with Gasteiger partial charge < -0.3 is 9.32 Å². The summed E-state index contributed by atoms with van der Waals surface area (Å²) in [5.74, 6) is 0. The van der Waals surface area contributed by atoms with Crippen molar-refractivity contribution in [2.45, 2.75) is 0 Å². The first-order chi connectivity index (χ1) is 22.8. The van der Waals surface area contributed by atoms with Crippen LogP contribution in [0, 0.1) is 0 Å². The number of aromatic nitrogens is 1. The first kappa shape index (κ1) is 26.2. The van der Waals surface area contributed by atoms with Gasteiger partial charge in [0.2, 0.25) is 0 Å². The van der Waals surface area contributed by atoms with Crippen molar-refractivity contribution in [1.29, 1.82) is 0 Å². The zero-order valence-corrected chi connectivity index (χ0v) is 25.0. The van der Waals surface area contributed by atoms with Crippen molar-refractivity contribution in [3.63, 3.8) is 0 Å². The van der Waals surface area contributed by atoms with Crippen molar-refractivity contribution in [3.8, 4) is 22.3 Å². The third-order valence-corrected chi connectivity index (χ3v) is 8.94. The monoisotopic (exact) mass is 588 g/mol. The molecule has 3 heteroatoms. The van der Waals surface area contributed by atoms with Gasteiger partial charge in [-0.15, -0.1) is 0 Å². The number of nitrogens with zero attached hydrogens (tertiary/aromatic N) is 2. The first-order valence-corrected chi connectivity index (χ1v) is 15.5. The normalized spacial score (nSPS) is 11.5. The van der Waals surface area contributed by atoms with E-state index in [1.807, 2.05) is 12.3 Å². The SMILES string of the molecule is c1ccc(N(c2ccc(-c3ccc4ccccc4c3)cc2)c2ccc(-c3ccc4ccc5oc6ccncc6c5c4c3)cc2)cc1. The van der Waals surface area contributed by atoms with Crippen LogP contribution < -0.4 is 4.90 Å². The maximum Gasteiger partial charge on any atom is 0.138 e. The van der Waals surface area contributed by atoms with E-state index >= 15 is 0 Å². The molecule has 2 aromatic heterocycles. The second-order valence-electron chi connectivity index (χ2n) is 11.7. The molecule has 9 aromatic rings. The number of rotatable bonds is 5. The minimum Gasteiger partial charge on any atom is -0.456 e. The van der Waals surface area contributed by atoms with Gasteiger partial charge in [0.1, 0.15) is 11.2 Å². The van der Waals surface area contributed by atoms with Crippen molar-refractivity contribution in [1.82, 2.24) is 4.98 Å². The van der Waals surface area contributed by atoms with Crippen LogP contribution in [0.2, 0.25) is 0 Å². The maximum absolute atomic E-state index is 6.14. The third kappa shape index (κ3) is 4.49. The fourth-order valence-corrected chi connectivity index (χ4v) is 6.62. The van der Waals surface area contributed by atoms with Crippen molar-refractivity contribution < 1.29 is 4.42 Å². The number of hydrogen-bond acceptors (Lipinski definition) is 3. The summed E-state index contributed by atoms with van der Waals surface area (Å²) in [7, 11) is 0. The van der Waals surface area contributed by atoms with Crippen LogP contribution in [-0.4, -0.2) is 4.98 Å². The highest BCUT2D eigenvalue weighted by Gasteiger charge is 2.15. The van der Waals surface area contributed by atoms with Gasteiger partial charge in [0.25, 0.3) is 0 Å². The molecule has 0 N–H and O–H groups in total. The lowest BCUT2D eigenvalue weighted by Gasteiger charge is -2.26. The Balaban J connectivity index is 1.09. The van der Waals surface area contributed by atoms with E-state index in [1.54, 1.807) is 6.20 Å². The topological polar surface area (TPSA) is 29.3 Å². The molecule has 3 nitrogen and oxygen atoms in total. The van der Waals surface area contributed by atoms with Crippen LogP contribution in [0.5, 0.6) is 0 Å². The van der Waals surface area contributed by atoms with E-state index in [2.05, 4.69) is 162 Å². The predicted octanol–water partition coefficient (Wildman–Crippen LogP) is 12.1. The Hall–Kier alpha value is -6.19. The molecule has 216 valence electrons. The molecule has 0 spiro atoms. The van der Waals surface area contributed by atoms with E-state index in [-0.39, 0.29) is 0 Å². The molecule has 0 amide bonds. The van der Waals surface area contributed by atoms with Crippen LogP contribution in [0.3, 0.4) is 0 Å². The number of pyridine rings is 1. The molecule has 0 aliphatic carbocycles. The summed E-state index contributed by atoms with van der Waals surface area (Å²) in [6.45, 7) is 0. The van der Waals surface area contributed by atoms with Crippen molar-refractivity contribution >= 4 is 60.5 Å². The lowest BCUT2D eigenvalue weighted by atomic mass is 9.98. The second-order valence-corrected chi connectivity index (χ2v) is 11.7. The average molecular weight is 589 g/mol. The van der Waals surface area contributed by atoms with E-state index in [4.69, 9.17) is 4.42 Å². The Morgan fingerprint density at radius 2 is 1.00 bits per heavy atom. The quantitative estimate of drug-likeness (QED) is 0.200. The summed E-state index contributed by atoms with van der Waals surface area (Å²) in [6, 6.07) is 56.2. The fraction of sp³-hybridized carbons (Fsp3) is 0. The van der Waals surface area contributed by atoms with E-state index in [1.165, 1.54) is 32.7 Å². The Morgan fingerprint density at radius 1 is 0.413 bits per heavy atom. The average Bonchev–Trinajstić information content (AvgIpc) is 3.52. The number of anilines is 3. The highest BCUT2D eigenvalue weighted by Crippen LogP contribution is 2.39. The number of hydrogen-bond donors (Lipinski definition) is 0. The number of benzene rings is 7. The van der Waals surface area contributed by atoms with Crippen LogP contribution in [0.25, 0.3) is 65.7 Å². The molecule has 2 heterocycles. The van der Waals surface area contributed by atoms with Gasteiger partial charge in [-0.2, -0.15) is 0 Å². The molecule has 0 saturated heterocycles. The van der Waals surface area contributed by atoms with Crippen LogP contribution in [0.1, 0.15) is 0 Å². The fourth-order valence-electron chi connectivity index (χ4n) is 6.62. The Kier molecular flexibility index (Phi) is 6.14. The van der Waals surface area contributed by atoms with Crippen molar-refractivity contribution in [2.24, 2.45) is 0 Å². The van der Waals surface area contributed by atoms with Gasteiger partial charge in [0.05, 0.1) is 0 Å². The molecule has 0 radical (unpaired) electrons. The second kappa shape index (κ2) is 10.8. The molecule has 46 heavy (non-hydrogen) atoms. The van der Waals surface area contributed by atoms with Crippen LogP contribution in [-0.2, 0) is 0 Å².